The van der Waals surface area contributed by atoms with E-state index in [0.717, 1.165) is 31.4 Å². The third-order valence-corrected chi connectivity index (χ3v) is 4.03. The van der Waals surface area contributed by atoms with E-state index < -0.39 is 0 Å². The minimum absolute atomic E-state index is 0. The smallest absolute Gasteiger partial charge is 0.228 e. The molecule has 0 aliphatic carbocycles. The van der Waals surface area contributed by atoms with Gasteiger partial charge in [0.05, 0.1) is 0 Å². The van der Waals surface area contributed by atoms with Gasteiger partial charge >= 0.3 is 0 Å². The molecule has 1 unspecified atom stereocenters. The lowest BCUT2D eigenvalue weighted by Gasteiger charge is -2.14. The summed E-state index contributed by atoms with van der Waals surface area (Å²) in [4.78, 5) is 9.13. The molecule has 0 bridgehead atoms. The van der Waals surface area contributed by atoms with Crippen LogP contribution in [-0.4, -0.2) is 35.7 Å². The molecule has 1 aromatic rings. The summed E-state index contributed by atoms with van der Waals surface area (Å²) in [5.74, 6) is 3.29. The Morgan fingerprint density at radius 2 is 1.96 bits per heavy atom. The predicted octanol–water partition coefficient (Wildman–Crippen LogP) is 4.13. The maximum Gasteiger partial charge on any atom is 0.228 e. The summed E-state index contributed by atoms with van der Waals surface area (Å²) in [5.41, 5.74) is 0. The number of nitrogens with zero attached hydrogens (tertiary/aromatic N) is 3. The van der Waals surface area contributed by atoms with E-state index in [-0.39, 0.29) is 24.0 Å². The first kappa shape index (κ1) is 24.1. The maximum atomic E-state index is 5.27. The van der Waals surface area contributed by atoms with Crippen LogP contribution >= 0.6 is 24.0 Å². The molecule has 2 N–H and O–H groups in total. The molecular weight excluding hydrogens is 429 g/mol. The molecule has 0 spiro atoms. The number of unbranched alkanes of at least 4 members (excludes halogenated alkanes) is 1. The molecule has 0 fully saturated rings. The van der Waals surface area contributed by atoms with Gasteiger partial charge in [-0.3, -0.25) is 4.99 Å². The fraction of sp³-hybridized carbons (Fsp3) is 0.833. The summed E-state index contributed by atoms with van der Waals surface area (Å²) >= 11 is 0. The molecule has 0 aliphatic rings. The van der Waals surface area contributed by atoms with E-state index in [0.29, 0.717) is 24.1 Å². The molecule has 1 atom stereocenters. The lowest BCUT2D eigenvalue weighted by Crippen LogP contribution is -2.38. The molecule has 6 nitrogen and oxygen atoms in total. The van der Waals surface area contributed by atoms with Crippen LogP contribution in [0.5, 0.6) is 0 Å². The second-order valence-corrected chi connectivity index (χ2v) is 6.51. The number of rotatable bonds is 11. The molecule has 1 rings (SSSR count). The molecule has 0 radical (unpaired) electrons. The normalized spacial score (nSPS) is 12.8. The average molecular weight is 465 g/mol. The molecule has 0 aromatic carbocycles. The monoisotopic (exact) mass is 465 g/mol. The van der Waals surface area contributed by atoms with Gasteiger partial charge in [-0.15, -0.1) is 24.0 Å². The second-order valence-electron chi connectivity index (χ2n) is 6.51. The predicted molar refractivity (Wildman–Crippen MR) is 115 cm³/mol. The van der Waals surface area contributed by atoms with Crippen molar-refractivity contribution in [2.75, 3.05) is 19.6 Å². The zero-order valence-electron chi connectivity index (χ0n) is 16.5. The van der Waals surface area contributed by atoms with Gasteiger partial charge in [-0.05, 0) is 19.3 Å². The van der Waals surface area contributed by atoms with Gasteiger partial charge in [-0.2, -0.15) is 4.98 Å². The highest BCUT2D eigenvalue weighted by Crippen LogP contribution is 2.12. The van der Waals surface area contributed by atoms with Crippen molar-refractivity contribution in [1.29, 1.82) is 0 Å². The highest BCUT2D eigenvalue weighted by molar-refractivity contribution is 14.0. The fourth-order valence-electron chi connectivity index (χ4n) is 2.37. The largest absolute Gasteiger partial charge is 0.357 e. The highest BCUT2D eigenvalue weighted by atomic mass is 127. The Balaban J connectivity index is 0.00000576. The summed E-state index contributed by atoms with van der Waals surface area (Å²) in [6.45, 7) is 13.2. The first-order valence-corrected chi connectivity index (χ1v) is 9.45. The molecular formula is C18H36IN5O. The molecule has 0 saturated heterocycles. The van der Waals surface area contributed by atoms with E-state index in [1.54, 1.807) is 0 Å². The molecule has 1 heterocycles. The Kier molecular flexibility index (Phi) is 13.8. The van der Waals surface area contributed by atoms with E-state index in [2.05, 4.69) is 55.4 Å². The van der Waals surface area contributed by atoms with Crippen molar-refractivity contribution in [3.63, 3.8) is 0 Å². The lowest BCUT2D eigenvalue weighted by atomic mass is 10.00. The van der Waals surface area contributed by atoms with Gasteiger partial charge in [0.1, 0.15) is 0 Å². The average Bonchev–Trinajstić information content (AvgIpc) is 3.04. The minimum atomic E-state index is 0. The van der Waals surface area contributed by atoms with Crippen LogP contribution in [0.15, 0.2) is 9.52 Å². The fourth-order valence-corrected chi connectivity index (χ4v) is 2.37. The van der Waals surface area contributed by atoms with Crippen molar-refractivity contribution in [1.82, 2.24) is 20.8 Å². The summed E-state index contributed by atoms with van der Waals surface area (Å²) in [5, 5.41) is 10.6. The molecule has 7 heteroatoms. The number of hydrogen-bond donors (Lipinski definition) is 2. The van der Waals surface area contributed by atoms with Crippen molar-refractivity contribution in [3.05, 3.63) is 11.7 Å². The molecule has 0 amide bonds. The SMILES string of the molecule is CCCCC(CC)CN=C(NCC)NCCc1nc(C(C)C)no1.I. The van der Waals surface area contributed by atoms with Gasteiger partial charge in [0.2, 0.25) is 5.89 Å². The van der Waals surface area contributed by atoms with Gasteiger partial charge < -0.3 is 15.2 Å². The van der Waals surface area contributed by atoms with Gasteiger partial charge in [0.15, 0.2) is 11.8 Å². The van der Waals surface area contributed by atoms with Crippen molar-refractivity contribution in [2.45, 2.75) is 72.6 Å². The number of hydrogen-bond acceptors (Lipinski definition) is 4. The van der Waals surface area contributed by atoms with E-state index in [1.165, 1.54) is 25.7 Å². The third kappa shape index (κ3) is 10.0. The van der Waals surface area contributed by atoms with Crippen molar-refractivity contribution < 1.29 is 4.52 Å². The Hall–Kier alpha value is -0.860. The van der Waals surface area contributed by atoms with Gasteiger partial charge in [-0.25, -0.2) is 0 Å². The Labute approximate surface area is 170 Å². The Bertz CT molecular complexity index is 476. The van der Waals surface area contributed by atoms with Gasteiger partial charge in [-0.1, -0.05) is 52.1 Å². The van der Waals surface area contributed by atoms with E-state index in [9.17, 15) is 0 Å². The topological polar surface area (TPSA) is 75.3 Å². The van der Waals surface area contributed by atoms with Crippen LogP contribution in [-0.2, 0) is 6.42 Å². The van der Waals surface area contributed by atoms with Crippen LogP contribution in [0.4, 0.5) is 0 Å². The van der Waals surface area contributed by atoms with Crippen LogP contribution in [0.2, 0.25) is 0 Å². The van der Waals surface area contributed by atoms with Gasteiger partial charge in [0.25, 0.3) is 0 Å². The number of halogens is 1. The zero-order valence-corrected chi connectivity index (χ0v) is 18.8. The van der Waals surface area contributed by atoms with Crippen LogP contribution in [0.3, 0.4) is 0 Å². The minimum Gasteiger partial charge on any atom is -0.357 e. The summed E-state index contributed by atoms with van der Waals surface area (Å²) in [7, 11) is 0. The van der Waals surface area contributed by atoms with Crippen LogP contribution in [0.1, 0.15) is 77.9 Å². The highest BCUT2D eigenvalue weighted by Gasteiger charge is 2.10. The molecule has 1 aromatic heterocycles. The van der Waals surface area contributed by atoms with Crippen molar-refractivity contribution >= 4 is 29.9 Å². The molecule has 0 aliphatic heterocycles. The van der Waals surface area contributed by atoms with Crippen LogP contribution in [0.25, 0.3) is 0 Å². The van der Waals surface area contributed by atoms with Crippen molar-refractivity contribution in [2.24, 2.45) is 10.9 Å². The van der Waals surface area contributed by atoms with E-state index >= 15 is 0 Å². The Morgan fingerprint density at radius 3 is 2.52 bits per heavy atom. The van der Waals surface area contributed by atoms with Gasteiger partial charge in [0, 0.05) is 32.0 Å². The number of aliphatic imine (C=N–C) groups is 1. The quantitative estimate of drug-likeness (QED) is 0.292. The number of nitrogens with one attached hydrogen (secondary N) is 2. The van der Waals surface area contributed by atoms with Crippen LogP contribution in [0, 0.1) is 5.92 Å². The first-order valence-electron chi connectivity index (χ1n) is 9.45. The molecule has 0 saturated carbocycles. The standard InChI is InChI=1S/C18H35N5O.HI/c1-6-9-10-15(7-2)13-21-18(19-8-3)20-12-11-16-22-17(14(4)5)23-24-16;/h14-15H,6-13H2,1-5H3,(H2,19,20,21);1H. The molecule has 146 valence electrons. The number of guanidine groups is 1. The molecule has 25 heavy (non-hydrogen) atoms. The summed E-state index contributed by atoms with van der Waals surface area (Å²) in [6, 6.07) is 0. The summed E-state index contributed by atoms with van der Waals surface area (Å²) in [6.07, 6.45) is 5.68. The maximum absolute atomic E-state index is 5.27. The van der Waals surface area contributed by atoms with Crippen LogP contribution < -0.4 is 10.6 Å². The van der Waals surface area contributed by atoms with E-state index in [4.69, 9.17) is 9.52 Å². The second kappa shape index (κ2) is 14.3. The number of aromatic nitrogens is 2. The Morgan fingerprint density at radius 1 is 1.20 bits per heavy atom. The first-order chi connectivity index (χ1) is 11.6. The lowest BCUT2D eigenvalue weighted by molar-refractivity contribution is 0.371. The third-order valence-electron chi connectivity index (χ3n) is 4.03. The summed E-state index contributed by atoms with van der Waals surface area (Å²) < 4.78 is 5.27. The zero-order chi connectivity index (χ0) is 17.8. The van der Waals surface area contributed by atoms with E-state index in [1.807, 2.05) is 0 Å². The van der Waals surface area contributed by atoms with Crippen molar-refractivity contribution in [3.8, 4) is 0 Å².